The molecule has 1 aromatic carbocycles. The Labute approximate surface area is 219 Å². The van der Waals surface area contributed by atoms with Crippen LogP contribution in [0.4, 0.5) is 24.8 Å². The van der Waals surface area contributed by atoms with Crippen molar-refractivity contribution >= 4 is 40.9 Å². The molecule has 3 N–H and O–H groups in total. The number of piperidine rings is 1. The summed E-state index contributed by atoms with van der Waals surface area (Å²) in [6.45, 7) is 8.57. The fourth-order valence-corrected chi connectivity index (χ4v) is 6.80. The first-order chi connectivity index (χ1) is 17.7. The molecule has 0 bridgehead atoms. The van der Waals surface area contributed by atoms with Crippen LogP contribution in [0, 0.1) is 0 Å². The highest BCUT2D eigenvalue weighted by Crippen LogP contribution is 2.45. The van der Waals surface area contributed by atoms with E-state index < -0.39 is 18.9 Å². The van der Waals surface area contributed by atoms with Crippen LogP contribution in [0.5, 0.6) is 0 Å². The first-order valence-electron chi connectivity index (χ1n) is 12.7. The number of H-pyrrole nitrogens is 1. The number of amides is 1. The lowest BCUT2D eigenvalue weighted by molar-refractivity contribution is -0.137. The maximum absolute atomic E-state index is 14.1. The standard InChI is InChI=1S/C26H32F3N6O2P/c1-25(2)10-9-15(12-32-25)33-24-31-14-18(26(27,28)29)21(34-24)17-13-30-22-16(17)7-8-19(23(22)38(3,4)37)35-11-5-6-20(35)36/h7-8,13-15,30,32H,5-6,9-12H2,1-4H3,(H,31,33,34)/t15-/m0/s1. The van der Waals surface area contributed by atoms with Gasteiger partial charge in [-0.15, -0.1) is 0 Å². The smallest absolute Gasteiger partial charge is 0.360 e. The van der Waals surface area contributed by atoms with E-state index in [0.29, 0.717) is 47.8 Å². The fraction of sp³-hybridized carbons (Fsp3) is 0.500. The molecule has 1 atom stereocenters. The minimum absolute atomic E-state index is 0.00259. The Morgan fingerprint density at radius 2 is 2.00 bits per heavy atom. The van der Waals surface area contributed by atoms with Gasteiger partial charge in [0, 0.05) is 54.4 Å². The van der Waals surface area contributed by atoms with Crippen LogP contribution in [0.15, 0.2) is 24.5 Å². The molecule has 0 spiro atoms. The molecule has 12 heteroatoms. The van der Waals surface area contributed by atoms with Crippen molar-refractivity contribution in [1.82, 2.24) is 20.3 Å². The van der Waals surface area contributed by atoms with E-state index in [2.05, 4.69) is 39.4 Å². The van der Waals surface area contributed by atoms with Crippen LogP contribution in [-0.4, -0.2) is 58.9 Å². The van der Waals surface area contributed by atoms with Gasteiger partial charge in [-0.1, -0.05) is 6.07 Å². The molecule has 2 saturated heterocycles. The number of nitrogens with one attached hydrogen (secondary N) is 3. The Morgan fingerprint density at radius 3 is 2.61 bits per heavy atom. The molecule has 8 nitrogen and oxygen atoms in total. The lowest BCUT2D eigenvalue weighted by atomic mass is 9.91. The number of fused-ring (bicyclic) bond motifs is 1. The molecule has 2 fully saturated rings. The number of hydrogen-bond donors (Lipinski definition) is 3. The normalized spacial score (nSPS) is 20.3. The van der Waals surface area contributed by atoms with Crippen molar-refractivity contribution in [2.24, 2.45) is 0 Å². The van der Waals surface area contributed by atoms with E-state index in [1.54, 1.807) is 30.4 Å². The number of carbonyl (C=O) groups is 1. The molecule has 38 heavy (non-hydrogen) atoms. The molecule has 3 aromatic rings. The van der Waals surface area contributed by atoms with Gasteiger partial charge in [-0.05, 0) is 52.5 Å². The summed E-state index contributed by atoms with van der Waals surface area (Å²) in [6, 6.07) is 3.33. The summed E-state index contributed by atoms with van der Waals surface area (Å²) in [7, 11) is -2.95. The topological polar surface area (TPSA) is 103 Å². The number of aromatic nitrogens is 3. The van der Waals surface area contributed by atoms with E-state index in [4.69, 9.17) is 0 Å². The predicted molar refractivity (Wildman–Crippen MR) is 144 cm³/mol. The van der Waals surface area contributed by atoms with E-state index in [9.17, 15) is 22.5 Å². The summed E-state index contributed by atoms with van der Waals surface area (Å²) >= 11 is 0. The second kappa shape index (κ2) is 9.38. The zero-order valence-electron chi connectivity index (χ0n) is 21.9. The number of halogens is 3. The average molecular weight is 549 g/mol. The third-order valence-corrected chi connectivity index (χ3v) is 8.87. The molecule has 0 aliphatic carbocycles. The van der Waals surface area contributed by atoms with E-state index in [0.717, 1.165) is 19.0 Å². The van der Waals surface area contributed by atoms with Gasteiger partial charge in [0.25, 0.3) is 0 Å². The fourth-order valence-electron chi connectivity index (χ4n) is 5.33. The van der Waals surface area contributed by atoms with Crippen LogP contribution < -0.4 is 20.8 Å². The van der Waals surface area contributed by atoms with Crippen molar-refractivity contribution in [2.75, 3.05) is 36.6 Å². The molecule has 2 aliphatic heterocycles. The van der Waals surface area contributed by atoms with Crippen molar-refractivity contribution in [1.29, 1.82) is 0 Å². The summed E-state index contributed by atoms with van der Waals surface area (Å²) in [5.74, 6) is 0.0577. The molecule has 0 radical (unpaired) electrons. The first kappa shape index (κ1) is 26.7. The van der Waals surface area contributed by atoms with Crippen LogP contribution in [0.25, 0.3) is 22.2 Å². The second-order valence-electron chi connectivity index (χ2n) is 11.2. The predicted octanol–water partition coefficient (Wildman–Crippen LogP) is 4.96. The molecule has 204 valence electrons. The Kier molecular flexibility index (Phi) is 6.59. The highest BCUT2D eigenvalue weighted by Gasteiger charge is 2.37. The van der Waals surface area contributed by atoms with Gasteiger partial charge in [0.15, 0.2) is 0 Å². The van der Waals surface area contributed by atoms with Gasteiger partial charge in [-0.2, -0.15) is 13.2 Å². The number of alkyl halides is 3. The minimum Gasteiger partial charge on any atom is -0.360 e. The lowest BCUT2D eigenvalue weighted by Gasteiger charge is -2.36. The first-order valence-corrected chi connectivity index (χ1v) is 15.3. The van der Waals surface area contributed by atoms with Crippen molar-refractivity contribution in [3.8, 4) is 11.3 Å². The molecule has 1 amide bonds. The summed E-state index contributed by atoms with van der Waals surface area (Å²) in [5, 5.41) is 7.51. The number of rotatable bonds is 5. The van der Waals surface area contributed by atoms with Gasteiger partial charge in [0.1, 0.15) is 12.7 Å². The highest BCUT2D eigenvalue weighted by atomic mass is 31.2. The number of benzene rings is 1. The maximum atomic E-state index is 14.1. The maximum Gasteiger partial charge on any atom is 0.419 e. The largest absolute Gasteiger partial charge is 0.419 e. The van der Waals surface area contributed by atoms with Crippen molar-refractivity contribution in [3.63, 3.8) is 0 Å². The Bertz CT molecular complexity index is 1430. The van der Waals surface area contributed by atoms with Crippen LogP contribution >= 0.6 is 7.14 Å². The van der Waals surface area contributed by atoms with Crippen LogP contribution in [0.2, 0.25) is 0 Å². The Balaban J connectivity index is 1.61. The van der Waals surface area contributed by atoms with Gasteiger partial charge < -0.3 is 25.1 Å². The average Bonchev–Trinajstić information content (AvgIpc) is 3.44. The molecule has 0 saturated carbocycles. The zero-order valence-corrected chi connectivity index (χ0v) is 22.8. The third kappa shape index (κ3) is 5.06. The van der Waals surface area contributed by atoms with Crippen LogP contribution in [0.3, 0.4) is 0 Å². The second-order valence-corrected chi connectivity index (χ2v) is 14.3. The number of hydrogen-bond acceptors (Lipinski definition) is 6. The molecule has 5 rings (SSSR count). The third-order valence-electron chi connectivity index (χ3n) is 7.34. The summed E-state index contributed by atoms with van der Waals surface area (Å²) in [5.41, 5.74) is 0.00484. The quantitative estimate of drug-likeness (QED) is 0.390. The monoisotopic (exact) mass is 548 g/mol. The highest BCUT2D eigenvalue weighted by molar-refractivity contribution is 7.71. The Hall–Kier alpha value is -2.91. The molecule has 0 unspecified atom stereocenters. The molecular formula is C26H32F3N6O2P. The minimum atomic E-state index is -4.68. The van der Waals surface area contributed by atoms with E-state index in [1.807, 2.05) is 0 Å². The van der Waals surface area contributed by atoms with Crippen LogP contribution in [0.1, 0.15) is 45.1 Å². The van der Waals surface area contributed by atoms with E-state index >= 15 is 0 Å². The van der Waals surface area contributed by atoms with Gasteiger partial charge in [-0.25, -0.2) is 9.97 Å². The van der Waals surface area contributed by atoms with Gasteiger partial charge in [0.2, 0.25) is 11.9 Å². The molecule has 4 heterocycles. The van der Waals surface area contributed by atoms with Crippen molar-refractivity contribution in [2.45, 2.75) is 57.3 Å². The van der Waals surface area contributed by atoms with Crippen molar-refractivity contribution < 1.29 is 22.5 Å². The summed E-state index contributed by atoms with van der Waals surface area (Å²) in [6.07, 6.45) is 0.436. The number of nitrogens with zero attached hydrogens (tertiary/aromatic N) is 3. The van der Waals surface area contributed by atoms with Crippen LogP contribution in [-0.2, 0) is 15.5 Å². The Morgan fingerprint density at radius 1 is 1.24 bits per heavy atom. The van der Waals surface area contributed by atoms with Gasteiger partial charge >= 0.3 is 6.18 Å². The zero-order chi connectivity index (χ0) is 27.5. The van der Waals surface area contributed by atoms with E-state index in [1.165, 1.54) is 6.20 Å². The molecule has 2 aliphatic rings. The number of aromatic amines is 1. The summed E-state index contributed by atoms with van der Waals surface area (Å²) < 4.78 is 55.7. The van der Waals surface area contributed by atoms with Gasteiger partial charge in [0.05, 0.1) is 22.2 Å². The molecular weight excluding hydrogens is 516 g/mol. The lowest BCUT2D eigenvalue weighted by Crippen LogP contribution is -2.50. The number of carbonyl (C=O) groups excluding carboxylic acids is 1. The van der Waals surface area contributed by atoms with Crippen molar-refractivity contribution in [3.05, 3.63) is 30.1 Å². The van der Waals surface area contributed by atoms with Gasteiger partial charge in [-0.3, -0.25) is 4.79 Å². The van der Waals surface area contributed by atoms with E-state index in [-0.39, 0.29) is 34.7 Å². The molecule has 2 aromatic heterocycles. The number of anilines is 2. The SMILES string of the molecule is CC1(C)CC[C@H](Nc2ncc(C(F)(F)F)c(-c3c[nH]c4c(P(C)(C)=O)c(N5CCCC5=O)ccc34)n2)CN1. The summed E-state index contributed by atoms with van der Waals surface area (Å²) in [4.78, 5) is 25.5.